The zero-order chi connectivity index (χ0) is 54.1. The van der Waals surface area contributed by atoms with Crippen molar-refractivity contribution >= 4 is 94.2 Å². The zero-order valence-electron chi connectivity index (χ0n) is 44.9. The lowest BCUT2D eigenvalue weighted by molar-refractivity contribution is 1.13. The Kier molecular flexibility index (Phi) is 11.2. The molecule has 0 saturated heterocycles. The average Bonchev–Trinajstić information content (AvgIpc) is 4.28. The Labute approximate surface area is 477 Å². The number of rotatable bonds is 10. The molecule has 13 aromatic carbocycles. The van der Waals surface area contributed by atoms with Crippen molar-refractivity contribution in [2.24, 2.45) is 0 Å². The molecule has 0 aliphatic heterocycles. The number of hydrogen-bond donors (Lipinski definition) is 0. The van der Waals surface area contributed by atoms with Crippen molar-refractivity contribution in [3.8, 4) is 50.4 Å². The Hall–Kier alpha value is -10.5. The molecule has 3 aromatic heterocycles. The summed E-state index contributed by atoms with van der Waals surface area (Å²) in [5.41, 5.74) is 17.4. The number of hydrogen-bond acceptors (Lipinski definition) is 0. The molecule has 3 heterocycles. The smallest absolute Gasteiger partial charge is 0.179 e. The Morgan fingerprint density at radius 2 is 0.524 bits per heavy atom. The molecule has 384 valence electrons. The van der Waals surface area contributed by atoms with Crippen LogP contribution in [-0.4, -0.2) is 21.8 Å². The SMILES string of the molecule is c1ccc(-c2ccc3c(c2)c2ccccc2n3-c2ccc3c4ccccc4n(-c4cc(-c5cccc(-c6ccc([Si](c7ccccc7)(c7ccccc7)c7ccccc7)cc6)c5)cc(-n5c6ccccc6c6ccccc65)c4)c3c2)cc1. The van der Waals surface area contributed by atoms with Crippen LogP contribution in [0.1, 0.15) is 0 Å². The van der Waals surface area contributed by atoms with Crippen molar-refractivity contribution in [2.45, 2.75) is 0 Å². The number of nitrogens with zero attached hydrogens (tertiary/aromatic N) is 3. The second kappa shape index (κ2) is 19.4. The molecule has 3 nitrogen and oxygen atoms in total. The van der Waals surface area contributed by atoms with Crippen molar-refractivity contribution < 1.29 is 0 Å². The van der Waals surface area contributed by atoms with Gasteiger partial charge in [0.05, 0.1) is 33.1 Å². The molecule has 0 N–H and O–H groups in total. The fourth-order valence-corrected chi connectivity index (χ4v) is 18.3. The molecule has 0 saturated carbocycles. The van der Waals surface area contributed by atoms with Crippen LogP contribution < -0.4 is 20.7 Å². The van der Waals surface area contributed by atoms with E-state index in [9.17, 15) is 0 Å². The maximum atomic E-state index is 2.50. The molecule has 4 heteroatoms. The maximum Gasteiger partial charge on any atom is 0.179 e. The summed E-state index contributed by atoms with van der Waals surface area (Å²) in [6.45, 7) is 0. The molecule has 0 aliphatic rings. The predicted molar refractivity (Wildman–Crippen MR) is 349 cm³/mol. The second-order valence-electron chi connectivity index (χ2n) is 21.6. The fraction of sp³-hybridized carbons (Fsp3) is 0. The van der Waals surface area contributed by atoms with Crippen LogP contribution in [0.15, 0.2) is 322 Å². The van der Waals surface area contributed by atoms with E-state index in [0.717, 1.165) is 39.2 Å². The molecule has 0 unspecified atom stereocenters. The molecule has 16 aromatic rings. The number of para-hydroxylation sites is 4. The first kappa shape index (κ1) is 47.5. The van der Waals surface area contributed by atoms with E-state index in [1.54, 1.807) is 0 Å². The van der Waals surface area contributed by atoms with E-state index in [2.05, 4.69) is 335 Å². The molecular weight excluding hydrogens is 1010 g/mol. The van der Waals surface area contributed by atoms with Crippen molar-refractivity contribution in [3.63, 3.8) is 0 Å². The quantitative estimate of drug-likeness (QED) is 0.0958. The summed E-state index contributed by atoms with van der Waals surface area (Å²) in [5.74, 6) is 0. The van der Waals surface area contributed by atoms with Gasteiger partial charge < -0.3 is 13.7 Å². The van der Waals surface area contributed by atoms with Crippen LogP contribution in [0.4, 0.5) is 0 Å². The lowest BCUT2D eigenvalue weighted by Gasteiger charge is -2.34. The predicted octanol–water partition coefficient (Wildman–Crippen LogP) is 17.4. The van der Waals surface area contributed by atoms with E-state index in [1.165, 1.54) is 97.4 Å². The van der Waals surface area contributed by atoms with Gasteiger partial charge in [-0.05, 0) is 127 Å². The van der Waals surface area contributed by atoms with Crippen LogP contribution in [0.25, 0.3) is 116 Å². The lowest BCUT2D eigenvalue weighted by atomic mass is 9.98. The molecule has 16 rings (SSSR count). The molecular formula is C78H53N3Si. The Balaban J connectivity index is 0.888. The van der Waals surface area contributed by atoms with Gasteiger partial charge in [-0.2, -0.15) is 0 Å². The summed E-state index contributed by atoms with van der Waals surface area (Å²) in [6.07, 6.45) is 0. The summed E-state index contributed by atoms with van der Waals surface area (Å²) >= 11 is 0. The summed E-state index contributed by atoms with van der Waals surface area (Å²) in [5, 5.41) is 12.8. The highest BCUT2D eigenvalue weighted by Crippen LogP contribution is 2.41. The lowest BCUT2D eigenvalue weighted by Crippen LogP contribution is -2.74. The third-order valence-corrected chi connectivity index (χ3v) is 22.0. The Bertz CT molecular complexity index is 4920. The molecule has 82 heavy (non-hydrogen) atoms. The van der Waals surface area contributed by atoms with Crippen molar-refractivity contribution in [1.29, 1.82) is 0 Å². The van der Waals surface area contributed by atoms with Gasteiger partial charge in [-0.1, -0.05) is 249 Å². The number of benzene rings is 13. The molecule has 0 amide bonds. The van der Waals surface area contributed by atoms with E-state index in [-0.39, 0.29) is 0 Å². The van der Waals surface area contributed by atoms with E-state index in [0.29, 0.717) is 0 Å². The monoisotopic (exact) mass is 1060 g/mol. The highest BCUT2D eigenvalue weighted by molar-refractivity contribution is 7.19. The highest BCUT2D eigenvalue weighted by atomic mass is 28.3. The highest BCUT2D eigenvalue weighted by Gasteiger charge is 2.41. The second-order valence-corrected chi connectivity index (χ2v) is 25.4. The first-order valence-electron chi connectivity index (χ1n) is 28.3. The summed E-state index contributed by atoms with van der Waals surface area (Å²) in [7, 11) is -2.70. The van der Waals surface area contributed by atoms with E-state index in [1.807, 2.05) is 0 Å². The van der Waals surface area contributed by atoms with E-state index in [4.69, 9.17) is 0 Å². The largest absolute Gasteiger partial charge is 0.309 e. The van der Waals surface area contributed by atoms with Gasteiger partial charge in [0.1, 0.15) is 0 Å². The summed E-state index contributed by atoms with van der Waals surface area (Å²) < 4.78 is 7.41. The van der Waals surface area contributed by atoms with Crippen LogP contribution in [0.5, 0.6) is 0 Å². The Morgan fingerprint density at radius 1 is 0.171 bits per heavy atom. The minimum absolute atomic E-state index is 1.09. The third-order valence-electron chi connectivity index (χ3n) is 17.2. The minimum Gasteiger partial charge on any atom is -0.309 e. The van der Waals surface area contributed by atoms with Crippen LogP contribution >= 0.6 is 0 Å². The minimum atomic E-state index is -2.70. The van der Waals surface area contributed by atoms with Crippen molar-refractivity contribution in [1.82, 2.24) is 13.7 Å². The van der Waals surface area contributed by atoms with Gasteiger partial charge in [0.25, 0.3) is 0 Å². The topological polar surface area (TPSA) is 14.8 Å². The molecule has 0 bridgehead atoms. The molecule has 0 fully saturated rings. The molecule has 0 atom stereocenters. The summed E-state index contributed by atoms with van der Waals surface area (Å²) in [4.78, 5) is 0. The fourth-order valence-electron chi connectivity index (χ4n) is 13.5. The van der Waals surface area contributed by atoms with Gasteiger partial charge in [-0.25, -0.2) is 0 Å². The molecule has 0 spiro atoms. The Morgan fingerprint density at radius 3 is 1.05 bits per heavy atom. The van der Waals surface area contributed by atoms with Gasteiger partial charge in [-0.3, -0.25) is 0 Å². The standard InChI is InChI=1S/C78H53N3Si/c1-5-22-54(23-6-1)58-42-47-77-72(51-58)70-35-16-20-39-76(70)79(77)60-43-46-71-69-34-15-19-38-75(69)81(78(71)53-60)62-50-59(49-61(52-62)80-73-36-17-13-32-67(73)68-33-14-18-37-74(68)80)57-25-21-24-56(48-57)55-40-44-66(45-41-55)82(63-26-7-2-8-27-63,64-28-9-3-10-29-64)65-30-11-4-12-31-65/h1-53H. The van der Waals surface area contributed by atoms with Crippen molar-refractivity contribution in [3.05, 3.63) is 322 Å². The average molecular weight is 1060 g/mol. The first-order valence-corrected chi connectivity index (χ1v) is 30.3. The van der Waals surface area contributed by atoms with Gasteiger partial charge in [-0.15, -0.1) is 0 Å². The van der Waals surface area contributed by atoms with Gasteiger partial charge in [0.15, 0.2) is 8.07 Å². The number of aromatic nitrogens is 3. The van der Waals surface area contributed by atoms with E-state index >= 15 is 0 Å². The number of fused-ring (bicyclic) bond motifs is 9. The van der Waals surface area contributed by atoms with Crippen LogP contribution in [0.2, 0.25) is 0 Å². The maximum absolute atomic E-state index is 2.70. The molecule has 0 aliphatic carbocycles. The van der Waals surface area contributed by atoms with Gasteiger partial charge in [0, 0.05) is 49.4 Å². The van der Waals surface area contributed by atoms with Crippen LogP contribution in [0, 0.1) is 0 Å². The molecule has 0 radical (unpaired) electrons. The van der Waals surface area contributed by atoms with Crippen LogP contribution in [-0.2, 0) is 0 Å². The van der Waals surface area contributed by atoms with Crippen molar-refractivity contribution in [2.75, 3.05) is 0 Å². The van der Waals surface area contributed by atoms with Gasteiger partial charge in [0.2, 0.25) is 0 Å². The third kappa shape index (κ3) is 7.57. The first-order chi connectivity index (χ1) is 40.7. The zero-order valence-corrected chi connectivity index (χ0v) is 45.9. The summed E-state index contributed by atoms with van der Waals surface area (Å²) in [6, 6.07) is 119. The normalized spacial score (nSPS) is 11.9. The van der Waals surface area contributed by atoms with Crippen LogP contribution in [0.3, 0.4) is 0 Å². The van der Waals surface area contributed by atoms with E-state index < -0.39 is 8.07 Å². The van der Waals surface area contributed by atoms with Gasteiger partial charge >= 0.3 is 0 Å².